The van der Waals surface area contributed by atoms with E-state index < -0.39 is 23.5 Å². The van der Waals surface area contributed by atoms with Crippen LogP contribution in [0.3, 0.4) is 0 Å². The minimum Gasteiger partial charge on any atom is -0.309 e. The van der Waals surface area contributed by atoms with E-state index in [1.54, 1.807) is 13.0 Å². The number of aromatic nitrogens is 2. The third kappa shape index (κ3) is 1.64. The number of aryl methyl sites for hydroxylation is 1. The SMILES string of the molecule is Cc1cnn2c1NC(=O)C(c1ccccc1F)C2=O. The molecule has 0 spiro atoms. The fourth-order valence-electron chi connectivity index (χ4n) is 2.16. The minimum atomic E-state index is -1.20. The highest BCUT2D eigenvalue weighted by Crippen LogP contribution is 2.29. The van der Waals surface area contributed by atoms with Crippen LogP contribution in [0, 0.1) is 12.7 Å². The first kappa shape index (κ1) is 11.6. The van der Waals surface area contributed by atoms with Gasteiger partial charge in [0.1, 0.15) is 17.6 Å². The second kappa shape index (κ2) is 4.01. The Hall–Kier alpha value is -2.50. The highest BCUT2D eigenvalue weighted by Gasteiger charge is 2.38. The Kier molecular flexibility index (Phi) is 2.45. The molecule has 1 N–H and O–H groups in total. The molecule has 1 amide bonds. The topological polar surface area (TPSA) is 64.0 Å². The largest absolute Gasteiger partial charge is 0.309 e. The second-order valence-electron chi connectivity index (χ2n) is 4.37. The maximum atomic E-state index is 13.7. The Morgan fingerprint density at radius 3 is 2.79 bits per heavy atom. The number of nitrogens with zero attached hydrogens (tertiary/aromatic N) is 2. The number of carbonyl (C=O) groups is 2. The molecule has 0 aliphatic carbocycles. The maximum absolute atomic E-state index is 13.7. The summed E-state index contributed by atoms with van der Waals surface area (Å²) in [6, 6.07) is 5.74. The fraction of sp³-hybridized carbons (Fsp3) is 0.154. The zero-order valence-electron chi connectivity index (χ0n) is 10.1. The summed E-state index contributed by atoms with van der Waals surface area (Å²) in [4.78, 5) is 24.3. The minimum absolute atomic E-state index is 0.0591. The number of nitrogens with one attached hydrogen (secondary N) is 1. The van der Waals surface area contributed by atoms with Gasteiger partial charge in [-0.05, 0) is 13.0 Å². The number of carbonyl (C=O) groups excluding carboxylic acids is 2. The number of halogens is 1. The third-order valence-electron chi connectivity index (χ3n) is 3.13. The molecule has 1 aliphatic heterocycles. The summed E-state index contributed by atoms with van der Waals surface area (Å²) in [6.07, 6.45) is 1.48. The van der Waals surface area contributed by atoms with Crippen LogP contribution < -0.4 is 5.32 Å². The van der Waals surface area contributed by atoms with E-state index in [1.165, 1.54) is 24.4 Å². The summed E-state index contributed by atoms with van der Waals surface area (Å²) in [5.41, 5.74) is 0.748. The molecule has 0 bridgehead atoms. The summed E-state index contributed by atoms with van der Waals surface area (Å²) < 4.78 is 14.8. The highest BCUT2D eigenvalue weighted by molar-refractivity contribution is 6.15. The zero-order chi connectivity index (χ0) is 13.6. The molecule has 1 aromatic carbocycles. The molecule has 96 valence electrons. The van der Waals surface area contributed by atoms with Gasteiger partial charge >= 0.3 is 0 Å². The summed E-state index contributed by atoms with van der Waals surface area (Å²) in [6.45, 7) is 1.73. The van der Waals surface area contributed by atoms with Gasteiger partial charge in [-0.1, -0.05) is 18.2 Å². The quantitative estimate of drug-likeness (QED) is 0.793. The number of benzene rings is 1. The van der Waals surface area contributed by atoms with Gasteiger partial charge in [-0.15, -0.1) is 0 Å². The number of rotatable bonds is 1. The summed E-state index contributed by atoms with van der Waals surface area (Å²) in [5, 5.41) is 6.50. The van der Waals surface area contributed by atoms with Crippen LogP contribution in [0.2, 0.25) is 0 Å². The van der Waals surface area contributed by atoms with Gasteiger partial charge < -0.3 is 5.32 Å². The molecule has 2 aromatic rings. The number of amides is 1. The van der Waals surface area contributed by atoms with Gasteiger partial charge in [-0.3, -0.25) is 9.59 Å². The van der Waals surface area contributed by atoms with Crippen LogP contribution in [0.4, 0.5) is 10.2 Å². The van der Waals surface area contributed by atoms with Gasteiger partial charge in [0, 0.05) is 11.1 Å². The number of hydrogen-bond acceptors (Lipinski definition) is 3. The van der Waals surface area contributed by atoms with Crippen LogP contribution in [0.25, 0.3) is 0 Å². The van der Waals surface area contributed by atoms with E-state index in [4.69, 9.17) is 0 Å². The zero-order valence-corrected chi connectivity index (χ0v) is 10.1. The Bertz CT molecular complexity index is 693. The fourth-order valence-corrected chi connectivity index (χ4v) is 2.16. The molecule has 0 radical (unpaired) electrons. The molecular formula is C13H10FN3O2. The summed E-state index contributed by atoms with van der Waals surface area (Å²) in [7, 11) is 0. The lowest BCUT2D eigenvalue weighted by Crippen LogP contribution is -2.38. The molecule has 1 aliphatic rings. The Balaban J connectivity index is 2.12. The van der Waals surface area contributed by atoms with Crippen molar-refractivity contribution in [2.24, 2.45) is 0 Å². The summed E-state index contributed by atoms with van der Waals surface area (Å²) >= 11 is 0. The van der Waals surface area contributed by atoms with Crippen molar-refractivity contribution in [1.82, 2.24) is 9.78 Å². The van der Waals surface area contributed by atoms with Crippen LogP contribution in [0.1, 0.15) is 21.8 Å². The van der Waals surface area contributed by atoms with Crippen LogP contribution in [-0.2, 0) is 4.79 Å². The molecular weight excluding hydrogens is 249 g/mol. The van der Waals surface area contributed by atoms with Gasteiger partial charge in [0.05, 0.1) is 6.20 Å². The average molecular weight is 259 g/mol. The molecule has 0 saturated carbocycles. The molecule has 6 heteroatoms. The predicted octanol–water partition coefficient (Wildman–Crippen LogP) is 1.71. The third-order valence-corrected chi connectivity index (χ3v) is 3.13. The molecule has 0 saturated heterocycles. The number of anilines is 1. The first-order chi connectivity index (χ1) is 9.09. The van der Waals surface area contributed by atoms with Crippen molar-refractivity contribution >= 4 is 17.6 Å². The lowest BCUT2D eigenvalue weighted by molar-refractivity contribution is -0.117. The van der Waals surface area contributed by atoms with Crippen LogP contribution in [0.15, 0.2) is 30.5 Å². The first-order valence-electron chi connectivity index (χ1n) is 5.73. The molecule has 2 heterocycles. The molecule has 3 rings (SSSR count). The molecule has 19 heavy (non-hydrogen) atoms. The number of hydrogen-bond donors (Lipinski definition) is 1. The van der Waals surface area contributed by atoms with E-state index in [9.17, 15) is 14.0 Å². The molecule has 0 fully saturated rings. The van der Waals surface area contributed by atoms with Crippen molar-refractivity contribution in [2.45, 2.75) is 12.8 Å². The van der Waals surface area contributed by atoms with Crippen LogP contribution in [-0.4, -0.2) is 21.6 Å². The second-order valence-corrected chi connectivity index (χ2v) is 4.37. The average Bonchev–Trinajstić information content (AvgIpc) is 2.74. The van der Waals surface area contributed by atoms with Gasteiger partial charge in [-0.25, -0.2) is 4.39 Å². The molecule has 1 unspecified atom stereocenters. The van der Waals surface area contributed by atoms with Gasteiger partial charge in [-0.2, -0.15) is 9.78 Å². The van der Waals surface area contributed by atoms with Gasteiger partial charge in [0.2, 0.25) is 5.91 Å². The van der Waals surface area contributed by atoms with E-state index >= 15 is 0 Å². The van der Waals surface area contributed by atoms with Crippen molar-refractivity contribution in [3.63, 3.8) is 0 Å². The Morgan fingerprint density at radius 1 is 1.32 bits per heavy atom. The molecule has 1 atom stereocenters. The van der Waals surface area contributed by atoms with Gasteiger partial charge in [0.15, 0.2) is 0 Å². The van der Waals surface area contributed by atoms with E-state index in [2.05, 4.69) is 10.4 Å². The van der Waals surface area contributed by atoms with E-state index in [1.807, 2.05) is 0 Å². The van der Waals surface area contributed by atoms with Crippen molar-refractivity contribution in [3.8, 4) is 0 Å². The lowest BCUT2D eigenvalue weighted by Gasteiger charge is -2.22. The first-order valence-corrected chi connectivity index (χ1v) is 5.73. The van der Waals surface area contributed by atoms with Crippen molar-refractivity contribution in [2.75, 3.05) is 5.32 Å². The standard InChI is InChI=1S/C13H10FN3O2/c1-7-6-15-17-11(7)16-12(18)10(13(17)19)8-4-2-3-5-9(8)14/h2-6,10H,1H3,(H,16,18). The normalized spacial score (nSPS) is 18.1. The van der Waals surface area contributed by atoms with E-state index in [0.29, 0.717) is 11.4 Å². The van der Waals surface area contributed by atoms with E-state index in [0.717, 1.165) is 4.68 Å². The van der Waals surface area contributed by atoms with Gasteiger partial charge in [0.25, 0.3) is 5.91 Å². The Morgan fingerprint density at radius 2 is 2.05 bits per heavy atom. The van der Waals surface area contributed by atoms with Crippen LogP contribution >= 0.6 is 0 Å². The van der Waals surface area contributed by atoms with Crippen molar-refractivity contribution in [1.29, 1.82) is 0 Å². The van der Waals surface area contributed by atoms with Crippen molar-refractivity contribution < 1.29 is 14.0 Å². The predicted molar refractivity (Wildman–Crippen MR) is 65.4 cm³/mol. The van der Waals surface area contributed by atoms with E-state index in [-0.39, 0.29) is 5.56 Å². The maximum Gasteiger partial charge on any atom is 0.265 e. The number of fused-ring (bicyclic) bond motifs is 1. The Labute approximate surface area is 108 Å². The highest BCUT2D eigenvalue weighted by atomic mass is 19.1. The van der Waals surface area contributed by atoms with Crippen molar-refractivity contribution in [3.05, 3.63) is 47.4 Å². The smallest absolute Gasteiger partial charge is 0.265 e. The van der Waals surface area contributed by atoms with Crippen LogP contribution in [0.5, 0.6) is 0 Å². The molecule has 1 aromatic heterocycles. The molecule has 5 nitrogen and oxygen atoms in total. The lowest BCUT2D eigenvalue weighted by atomic mass is 9.95. The monoisotopic (exact) mass is 259 g/mol. The summed E-state index contributed by atoms with van der Waals surface area (Å²) in [5.74, 6) is -2.51.